The fourth-order valence-corrected chi connectivity index (χ4v) is 3.88. The van der Waals surface area contributed by atoms with Crippen molar-refractivity contribution in [1.82, 2.24) is 20.4 Å². The van der Waals surface area contributed by atoms with Crippen molar-refractivity contribution in [3.05, 3.63) is 34.3 Å². The van der Waals surface area contributed by atoms with Crippen molar-refractivity contribution >= 4 is 34.7 Å². The van der Waals surface area contributed by atoms with Crippen LogP contribution in [-0.4, -0.2) is 59.1 Å². The number of carbonyl (C=O) groups excluding carboxylic acids is 3. The van der Waals surface area contributed by atoms with Crippen LogP contribution >= 0.6 is 11.3 Å². The molecule has 0 spiro atoms. The zero-order valence-electron chi connectivity index (χ0n) is 17.2. The number of anilines is 1. The maximum atomic E-state index is 12.8. The Balaban J connectivity index is 1.62. The molecule has 1 saturated heterocycles. The van der Waals surface area contributed by atoms with Gasteiger partial charge in [0.2, 0.25) is 15.9 Å². The SMILES string of the molecule is COc1ccc(NC(=O)c2nnc(C(=O)N3CCC[C@@H](C(=O)NC(C)C)C3)s2)cc1. The Bertz CT molecular complexity index is 912. The Morgan fingerprint density at radius 1 is 1.17 bits per heavy atom. The summed E-state index contributed by atoms with van der Waals surface area (Å²) < 4.78 is 5.09. The van der Waals surface area contributed by atoms with Crippen LogP contribution in [0.25, 0.3) is 0 Å². The predicted molar refractivity (Wildman–Crippen MR) is 113 cm³/mol. The van der Waals surface area contributed by atoms with E-state index >= 15 is 0 Å². The summed E-state index contributed by atoms with van der Waals surface area (Å²) in [6.45, 7) is 4.70. The number of methoxy groups -OCH3 is 1. The smallest absolute Gasteiger partial charge is 0.286 e. The summed E-state index contributed by atoms with van der Waals surface area (Å²) in [4.78, 5) is 39.1. The summed E-state index contributed by atoms with van der Waals surface area (Å²) in [7, 11) is 1.56. The topological polar surface area (TPSA) is 114 Å². The first kappa shape index (κ1) is 21.7. The van der Waals surface area contributed by atoms with E-state index in [1.807, 2.05) is 13.8 Å². The monoisotopic (exact) mass is 431 g/mol. The van der Waals surface area contributed by atoms with E-state index in [4.69, 9.17) is 4.74 Å². The van der Waals surface area contributed by atoms with E-state index in [0.717, 1.165) is 24.2 Å². The predicted octanol–water partition coefficient (Wildman–Crippen LogP) is 2.18. The van der Waals surface area contributed by atoms with E-state index in [1.165, 1.54) is 0 Å². The number of piperidine rings is 1. The molecule has 2 N–H and O–H groups in total. The Hall–Kier alpha value is -3.01. The molecule has 30 heavy (non-hydrogen) atoms. The van der Waals surface area contributed by atoms with Crippen LogP contribution in [0.3, 0.4) is 0 Å². The van der Waals surface area contributed by atoms with Crippen molar-refractivity contribution < 1.29 is 19.1 Å². The van der Waals surface area contributed by atoms with Gasteiger partial charge in [-0.05, 0) is 51.0 Å². The third-order valence-electron chi connectivity index (χ3n) is 4.66. The molecule has 160 valence electrons. The highest BCUT2D eigenvalue weighted by Gasteiger charge is 2.31. The molecule has 0 radical (unpaired) electrons. The molecule has 0 aliphatic carbocycles. The first-order chi connectivity index (χ1) is 14.4. The zero-order chi connectivity index (χ0) is 21.7. The number of carbonyl (C=O) groups is 3. The lowest BCUT2D eigenvalue weighted by Crippen LogP contribution is -2.46. The van der Waals surface area contributed by atoms with E-state index in [0.29, 0.717) is 24.5 Å². The van der Waals surface area contributed by atoms with E-state index in [-0.39, 0.29) is 33.8 Å². The Labute approximate surface area is 178 Å². The summed E-state index contributed by atoms with van der Waals surface area (Å²) >= 11 is 0.939. The number of likely N-dealkylation sites (tertiary alicyclic amines) is 1. The van der Waals surface area contributed by atoms with E-state index in [2.05, 4.69) is 20.8 Å². The first-order valence-corrected chi connectivity index (χ1v) is 10.6. The molecule has 1 fully saturated rings. The number of benzene rings is 1. The second-order valence-corrected chi connectivity index (χ2v) is 8.33. The summed E-state index contributed by atoms with van der Waals surface area (Å²) in [5.41, 5.74) is 0.582. The maximum Gasteiger partial charge on any atom is 0.286 e. The molecule has 9 nitrogen and oxygen atoms in total. The quantitative estimate of drug-likeness (QED) is 0.725. The van der Waals surface area contributed by atoms with Crippen LogP contribution in [0.5, 0.6) is 5.75 Å². The third-order valence-corrected chi connectivity index (χ3v) is 5.57. The third kappa shape index (κ3) is 5.32. The highest BCUT2D eigenvalue weighted by molar-refractivity contribution is 7.15. The average Bonchev–Trinajstić information content (AvgIpc) is 3.24. The standard InChI is InChI=1S/C20H25N5O4S/c1-12(2)21-16(26)13-5-4-10-25(11-13)20(28)19-24-23-18(30-19)17(27)22-14-6-8-15(29-3)9-7-14/h6-9,12-13H,4-5,10-11H2,1-3H3,(H,21,26)(H,22,27)/t13-/m1/s1. The molecule has 3 amide bonds. The normalized spacial score (nSPS) is 16.3. The molecule has 2 heterocycles. The molecular weight excluding hydrogens is 406 g/mol. The van der Waals surface area contributed by atoms with Crippen molar-refractivity contribution in [3.63, 3.8) is 0 Å². The van der Waals surface area contributed by atoms with E-state index in [1.54, 1.807) is 36.3 Å². The fraction of sp³-hybridized carbons (Fsp3) is 0.450. The minimum atomic E-state index is -0.440. The molecule has 1 aromatic heterocycles. The highest BCUT2D eigenvalue weighted by Crippen LogP contribution is 2.21. The Kier molecular flexibility index (Phi) is 6.99. The van der Waals surface area contributed by atoms with Crippen molar-refractivity contribution in [2.45, 2.75) is 32.7 Å². The lowest BCUT2D eigenvalue weighted by Gasteiger charge is -2.31. The summed E-state index contributed by atoms with van der Waals surface area (Å²) in [6, 6.07) is 6.93. The van der Waals surface area contributed by atoms with Crippen molar-refractivity contribution in [2.24, 2.45) is 5.92 Å². The molecule has 3 rings (SSSR count). The maximum absolute atomic E-state index is 12.8. The number of ether oxygens (including phenoxy) is 1. The molecule has 0 saturated carbocycles. The summed E-state index contributed by atoms with van der Waals surface area (Å²) in [6.07, 6.45) is 1.49. The second kappa shape index (κ2) is 9.66. The van der Waals surface area contributed by atoms with Crippen LogP contribution in [0.15, 0.2) is 24.3 Å². The van der Waals surface area contributed by atoms with Crippen molar-refractivity contribution in [1.29, 1.82) is 0 Å². The van der Waals surface area contributed by atoms with Crippen LogP contribution in [0, 0.1) is 5.92 Å². The zero-order valence-corrected chi connectivity index (χ0v) is 18.0. The molecular formula is C20H25N5O4S. The first-order valence-electron chi connectivity index (χ1n) is 9.76. The van der Waals surface area contributed by atoms with Crippen LogP contribution in [0.4, 0.5) is 5.69 Å². The van der Waals surface area contributed by atoms with Gasteiger partial charge in [0.05, 0.1) is 13.0 Å². The van der Waals surface area contributed by atoms with Crippen LogP contribution < -0.4 is 15.4 Å². The summed E-state index contributed by atoms with van der Waals surface area (Å²) in [5, 5.41) is 13.6. The van der Waals surface area contributed by atoms with Gasteiger partial charge in [0.1, 0.15) is 5.75 Å². The lowest BCUT2D eigenvalue weighted by atomic mass is 9.97. The van der Waals surface area contributed by atoms with Gasteiger partial charge in [0.25, 0.3) is 11.8 Å². The molecule has 1 aliphatic heterocycles. The molecule has 10 heteroatoms. The molecule has 1 aromatic carbocycles. The largest absolute Gasteiger partial charge is 0.497 e. The number of amides is 3. The van der Waals surface area contributed by atoms with Crippen molar-refractivity contribution in [2.75, 3.05) is 25.5 Å². The lowest BCUT2D eigenvalue weighted by molar-refractivity contribution is -0.126. The molecule has 0 bridgehead atoms. The Morgan fingerprint density at radius 2 is 1.87 bits per heavy atom. The van der Waals surface area contributed by atoms with Gasteiger partial charge in [-0.25, -0.2) is 0 Å². The highest BCUT2D eigenvalue weighted by atomic mass is 32.1. The van der Waals surface area contributed by atoms with Gasteiger partial charge in [0.15, 0.2) is 0 Å². The number of hydrogen-bond acceptors (Lipinski definition) is 7. The minimum Gasteiger partial charge on any atom is -0.497 e. The number of aromatic nitrogens is 2. The van der Waals surface area contributed by atoms with E-state index < -0.39 is 5.91 Å². The molecule has 2 aromatic rings. The molecule has 0 unspecified atom stereocenters. The molecule has 1 atom stereocenters. The van der Waals surface area contributed by atoms with Gasteiger partial charge in [-0.1, -0.05) is 11.3 Å². The van der Waals surface area contributed by atoms with Gasteiger partial charge in [-0.2, -0.15) is 0 Å². The number of nitrogens with one attached hydrogen (secondary N) is 2. The fourth-order valence-electron chi connectivity index (χ4n) is 3.17. The number of rotatable bonds is 6. The number of nitrogens with zero attached hydrogens (tertiary/aromatic N) is 3. The van der Waals surface area contributed by atoms with Crippen LogP contribution in [-0.2, 0) is 4.79 Å². The minimum absolute atomic E-state index is 0.0423. The number of hydrogen-bond donors (Lipinski definition) is 2. The second-order valence-electron chi connectivity index (χ2n) is 7.35. The van der Waals surface area contributed by atoms with Gasteiger partial charge in [0, 0.05) is 24.8 Å². The van der Waals surface area contributed by atoms with Crippen LogP contribution in [0.2, 0.25) is 0 Å². The van der Waals surface area contributed by atoms with Crippen LogP contribution in [0.1, 0.15) is 46.3 Å². The average molecular weight is 432 g/mol. The van der Waals surface area contributed by atoms with Gasteiger partial charge < -0.3 is 20.3 Å². The van der Waals surface area contributed by atoms with Gasteiger partial charge in [-0.3, -0.25) is 14.4 Å². The summed E-state index contributed by atoms with van der Waals surface area (Å²) in [5.74, 6) is -0.350. The molecule has 1 aliphatic rings. The van der Waals surface area contributed by atoms with Gasteiger partial charge in [-0.15, -0.1) is 10.2 Å². The van der Waals surface area contributed by atoms with Crippen molar-refractivity contribution in [3.8, 4) is 5.75 Å². The van der Waals surface area contributed by atoms with Gasteiger partial charge >= 0.3 is 0 Å². The Morgan fingerprint density at radius 3 is 2.53 bits per heavy atom. The van der Waals surface area contributed by atoms with E-state index in [9.17, 15) is 14.4 Å².